The van der Waals surface area contributed by atoms with E-state index in [1.807, 2.05) is 44.3 Å². The van der Waals surface area contributed by atoms with Gasteiger partial charge in [0.15, 0.2) is 0 Å². The maximum absolute atomic E-state index is 9.70. The lowest BCUT2D eigenvalue weighted by Crippen LogP contribution is -2.08. The largest absolute Gasteiger partial charge is 0.492 e. The van der Waals surface area contributed by atoms with Crippen molar-refractivity contribution in [3.8, 4) is 5.75 Å². The van der Waals surface area contributed by atoms with Crippen LogP contribution in [0, 0.1) is 6.92 Å². The summed E-state index contributed by atoms with van der Waals surface area (Å²) in [5, 5.41) is 9.70. The maximum Gasteiger partial charge on any atom is 0.119 e. The third-order valence-electron chi connectivity index (χ3n) is 3.18. The highest BCUT2D eigenvalue weighted by Crippen LogP contribution is 2.19. The van der Waals surface area contributed by atoms with E-state index >= 15 is 0 Å². The molecular formula is C15H20N2O2. The van der Waals surface area contributed by atoms with Gasteiger partial charge in [-0.3, -0.25) is 0 Å². The Balaban J connectivity index is 1.85. The summed E-state index contributed by atoms with van der Waals surface area (Å²) in [5.41, 5.74) is 0.931. The molecule has 1 N–H and O–H groups in total. The molecule has 19 heavy (non-hydrogen) atoms. The maximum atomic E-state index is 9.70. The molecule has 2 rings (SSSR count). The number of aromatic nitrogens is 2. The molecule has 1 aromatic heterocycles. The van der Waals surface area contributed by atoms with Crippen molar-refractivity contribution in [3.63, 3.8) is 0 Å². The van der Waals surface area contributed by atoms with E-state index in [-0.39, 0.29) is 6.10 Å². The zero-order valence-corrected chi connectivity index (χ0v) is 11.4. The number of benzene rings is 1. The Labute approximate surface area is 113 Å². The molecule has 1 atom stereocenters. The van der Waals surface area contributed by atoms with Gasteiger partial charge >= 0.3 is 0 Å². The van der Waals surface area contributed by atoms with Crippen LogP contribution < -0.4 is 4.74 Å². The summed E-state index contributed by atoms with van der Waals surface area (Å²) in [6, 6.07) is 7.61. The van der Waals surface area contributed by atoms with E-state index < -0.39 is 0 Å². The molecule has 1 heterocycles. The van der Waals surface area contributed by atoms with Crippen LogP contribution in [0.1, 0.15) is 30.8 Å². The Kier molecular flexibility index (Phi) is 4.58. The van der Waals surface area contributed by atoms with Gasteiger partial charge in [0.05, 0.1) is 12.6 Å². The second-order valence-electron chi connectivity index (χ2n) is 4.51. The molecule has 0 fully saturated rings. The first-order chi connectivity index (χ1) is 9.20. The molecule has 0 saturated carbocycles. The number of imidazole rings is 1. The summed E-state index contributed by atoms with van der Waals surface area (Å²) in [4.78, 5) is 4.16. The standard InChI is InChI=1S/C15H20N2O2/c1-3-15(18)13-4-6-14(7-5-13)19-11-10-17-9-8-16-12(17)2/h4-9,15,18H,3,10-11H2,1-2H3/t15-/m1/s1. The minimum Gasteiger partial charge on any atom is -0.492 e. The molecule has 0 aliphatic heterocycles. The molecule has 0 aliphatic carbocycles. The average molecular weight is 260 g/mol. The van der Waals surface area contributed by atoms with Gasteiger partial charge in [-0.1, -0.05) is 19.1 Å². The zero-order valence-electron chi connectivity index (χ0n) is 11.4. The van der Waals surface area contributed by atoms with Crippen molar-refractivity contribution in [2.24, 2.45) is 0 Å². The van der Waals surface area contributed by atoms with Crippen LogP contribution in [0.25, 0.3) is 0 Å². The second-order valence-corrected chi connectivity index (χ2v) is 4.51. The fraction of sp³-hybridized carbons (Fsp3) is 0.400. The highest BCUT2D eigenvalue weighted by molar-refractivity contribution is 5.28. The summed E-state index contributed by atoms with van der Waals surface area (Å²) in [6.45, 7) is 5.32. The predicted molar refractivity (Wildman–Crippen MR) is 74.2 cm³/mol. The monoisotopic (exact) mass is 260 g/mol. The van der Waals surface area contributed by atoms with Gasteiger partial charge in [0.1, 0.15) is 18.2 Å². The van der Waals surface area contributed by atoms with Crippen molar-refractivity contribution in [2.45, 2.75) is 32.9 Å². The van der Waals surface area contributed by atoms with Crippen molar-refractivity contribution >= 4 is 0 Å². The van der Waals surface area contributed by atoms with Gasteiger partial charge in [-0.15, -0.1) is 0 Å². The number of nitrogens with zero attached hydrogens (tertiary/aromatic N) is 2. The van der Waals surface area contributed by atoms with Crippen LogP contribution in [0.5, 0.6) is 5.75 Å². The van der Waals surface area contributed by atoms with Gasteiger partial charge in [0, 0.05) is 12.4 Å². The first kappa shape index (κ1) is 13.6. The number of aliphatic hydroxyl groups excluding tert-OH is 1. The van der Waals surface area contributed by atoms with Gasteiger partial charge in [0.2, 0.25) is 0 Å². The van der Waals surface area contributed by atoms with Crippen LogP contribution in [0.2, 0.25) is 0 Å². The lowest BCUT2D eigenvalue weighted by molar-refractivity contribution is 0.173. The first-order valence-corrected chi connectivity index (χ1v) is 6.59. The van der Waals surface area contributed by atoms with Crippen LogP contribution in [0.3, 0.4) is 0 Å². The van der Waals surface area contributed by atoms with Gasteiger partial charge in [-0.2, -0.15) is 0 Å². The fourth-order valence-corrected chi connectivity index (χ4v) is 1.92. The Morgan fingerprint density at radius 2 is 2.05 bits per heavy atom. The minimum atomic E-state index is -0.386. The number of rotatable bonds is 6. The first-order valence-electron chi connectivity index (χ1n) is 6.59. The molecular weight excluding hydrogens is 240 g/mol. The van der Waals surface area contributed by atoms with E-state index in [1.54, 1.807) is 6.20 Å². The van der Waals surface area contributed by atoms with E-state index in [9.17, 15) is 5.11 Å². The van der Waals surface area contributed by atoms with E-state index in [4.69, 9.17) is 4.74 Å². The Hall–Kier alpha value is -1.81. The fourth-order valence-electron chi connectivity index (χ4n) is 1.92. The normalized spacial score (nSPS) is 12.4. The molecule has 4 heteroatoms. The molecule has 0 aliphatic rings. The van der Waals surface area contributed by atoms with Crippen molar-refractivity contribution < 1.29 is 9.84 Å². The summed E-state index contributed by atoms with van der Waals surface area (Å²) < 4.78 is 7.72. The molecule has 0 spiro atoms. The molecule has 4 nitrogen and oxygen atoms in total. The van der Waals surface area contributed by atoms with Gasteiger partial charge in [-0.05, 0) is 31.0 Å². The van der Waals surface area contributed by atoms with Gasteiger partial charge in [0.25, 0.3) is 0 Å². The van der Waals surface area contributed by atoms with Crippen molar-refractivity contribution in [1.29, 1.82) is 0 Å². The zero-order chi connectivity index (χ0) is 13.7. The van der Waals surface area contributed by atoms with E-state index in [2.05, 4.69) is 9.55 Å². The van der Waals surface area contributed by atoms with E-state index in [1.165, 1.54) is 0 Å². The molecule has 0 bridgehead atoms. The smallest absolute Gasteiger partial charge is 0.119 e. The Morgan fingerprint density at radius 1 is 1.32 bits per heavy atom. The van der Waals surface area contributed by atoms with Gasteiger partial charge < -0.3 is 14.4 Å². The molecule has 102 valence electrons. The number of hydrogen-bond donors (Lipinski definition) is 1. The lowest BCUT2D eigenvalue weighted by atomic mass is 10.1. The van der Waals surface area contributed by atoms with E-state index in [0.29, 0.717) is 6.61 Å². The number of aliphatic hydroxyl groups is 1. The lowest BCUT2D eigenvalue weighted by Gasteiger charge is -2.11. The third kappa shape index (κ3) is 3.58. The molecule has 0 saturated heterocycles. The average Bonchev–Trinajstić information content (AvgIpc) is 2.84. The SMILES string of the molecule is CC[C@@H](O)c1ccc(OCCn2ccnc2C)cc1. The summed E-state index contributed by atoms with van der Waals surface area (Å²) in [6.07, 6.45) is 4.07. The summed E-state index contributed by atoms with van der Waals surface area (Å²) in [7, 11) is 0. The van der Waals surface area contributed by atoms with E-state index in [0.717, 1.165) is 30.1 Å². The van der Waals surface area contributed by atoms with Crippen molar-refractivity contribution in [2.75, 3.05) is 6.61 Å². The number of hydrogen-bond acceptors (Lipinski definition) is 3. The van der Waals surface area contributed by atoms with Gasteiger partial charge in [-0.25, -0.2) is 4.98 Å². The van der Waals surface area contributed by atoms with Crippen LogP contribution >= 0.6 is 0 Å². The quantitative estimate of drug-likeness (QED) is 0.868. The Morgan fingerprint density at radius 3 is 2.63 bits per heavy atom. The van der Waals surface area contributed by atoms with Crippen LogP contribution in [0.15, 0.2) is 36.7 Å². The molecule has 1 aromatic carbocycles. The summed E-state index contributed by atoms with van der Waals surface area (Å²) in [5.74, 6) is 1.81. The Bertz CT molecular complexity index is 505. The summed E-state index contributed by atoms with van der Waals surface area (Å²) >= 11 is 0. The highest BCUT2D eigenvalue weighted by Gasteiger charge is 2.04. The molecule has 0 radical (unpaired) electrons. The van der Waals surface area contributed by atoms with Crippen LogP contribution in [-0.4, -0.2) is 21.3 Å². The third-order valence-corrected chi connectivity index (χ3v) is 3.18. The minimum absolute atomic E-state index is 0.386. The van der Waals surface area contributed by atoms with Crippen molar-refractivity contribution in [3.05, 3.63) is 48.0 Å². The number of aryl methyl sites for hydroxylation is 1. The molecule has 2 aromatic rings. The molecule has 0 unspecified atom stereocenters. The van der Waals surface area contributed by atoms with Crippen molar-refractivity contribution in [1.82, 2.24) is 9.55 Å². The highest BCUT2D eigenvalue weighted by atomic mass is 16.5. The second kappa shape index (κ2) is 6.38. The van der Waals surface area contributed by atoms with Crippen LogP contribution in [0.4, 0.5) is 0 Å². The number of ether oxygens (including phenoxy) is 1. The molecule has 0 amide bonds. The predicted octanol–water partition coefficient (Wildman–Crippen LogP) is 2.71. The topological polar surface area (TPSA) is 47.3 Å². The van der Waals surface area contributed by atoms with Crippen LogP contribution in [-0.2, 0) is 6.54 Å².